The van der Waals surface area contributed by atoms with Crippen LogP contribution in [0.1, 0.15) is 26.3 Å². The monoisotopic (exact) mass is 253 g/mol. The van der Waals surface area contributed by atoms with Crippen LogP contribution in [0.3, 0.4) is 0 Å². The van der Waals surface area contributed by atoms with Crippen LogP contribution in [-0.4, -0.2) is 9.67 Å². The lowest BCUT2D eigenvalue weighted by Crippen LogP contribution is -2.21. The fourth-order valence-electron chi connectivity index (χ4n) is 2.95. The van der Waals surface area contributed by atoms with Crippen LogP contribution in [0.25, 0.3) is 21.8 Å². The third kappa shape index (κ3) is 1.75. The summed E-state index contributed by atoms with van der Waals surface area (Å²) in [7, 11) is 0. The summed E-state index contributed by atoms with van der Waals surface area (Å²) in [5, 5.41) is 12.0. The zero-order valence-electron chi connectivity index (χ0n) is 11.6. The zero-order valence-corrected chi connectivity index (χ0v) is 11.6. The van der Waals surface area contributed by atoms with Crippen LogP contribution < -0.4 is 0 Å². The Labute approximate surface area is 113 Å². The van der Waals surface area contributed by atoms with Crippen LogP contribution in [0, 0.1) is 0 Å². The highest BCUT2D eigenvalue weighted by atomic mass is 16.3. The first kappa shape index (κ1) is 12.2. The van der Waals surface area contributed by atoms with Crippen molar-refractivity contribution < 1.29 is 5.11 Å². The number of hydrogen-bond acceptors (Lipinski definition) is 1. The topological polar surface area (TPSA) is 25.2 Å². The minimum Gasteiger partial charge on any atom is -0.392 e. The molecule has 2 aromatic carbocycles. The van der Waals surface area contributed by atoms with Crippen molar-refractivity contribution in [3.63, 3.8) is 0 Å². The number of para-hydroxylation sites is 1. The maximum Gasteiger partial charge on any atom is 0.0688 e. The predicted octanol–water partition coefficient (Wildman–Crippen LogP) is 4.04. The van der Waals surface area contributed by atoms with Crippen LogP contribution in [-0.2, 0) is 12.1 Å². The fourth-order valence-corrected chi connectivity index (χ4v) is 2.95. The van der Waals surface area contributed by atoms with E-state index in [1.54, 1.807) is 0 Å². The molecular weight excluding hydrogens is 234 g/mol. The molecule has 0 saturated heterocycles. The predicted molar refractivity (Wildman–Crippen MR) is 80.4 cm³/mol. The van der Waals surface area contributed by atoms with Crippen LogP contribution in [0.4, 0.5) is 0 Å². The SMILES string of the molecule is CC(C)(C)n1c2ccccc2c2c(CO)cccc21. The van der Waals surface area contributed by atoms with Gasteiger partial charge in [-0.2, -0.15) is 0 Å². The van der Waals surface area contributed by atoms with Crippen molar-refractivity contribution in [3.05, 3.63) is 48.0 Å². The van der Waals surface area contributed by atoms with Gasteiger partial charge in [0, 0.05) is 27.3 Å². The quantitative estimate of drug-likeness (QED) is 0.695. The van der Waals surface area contributed by atoms with E-state index in [-0.39, 0.29) is 12.1 Å². The van der Waals surface area contributed by atoms with Crippen molar-refractivity contribution >= 4 is 21.8 Å². The smallest absolute Gasteiger partial charge is 0.0688 e. The minimum atomic E-state index is 0.00936. The molecule has 0 aliphatic heterocycles. The van der Waals surface area contributed by atoms with E-state index in [0.717, 1.165) is 5.56 Å². The van der Waals surface area contributed by atoms with Crippen LogP contribution in [0.2, 0.25) is 0 Å². The van der Waals surface area contributed by atoms with Crippen molar-refractivity contribution in [1.29, 1.82) is 0 Å². The first-order valence-electron chi connectivity index (χ1n) is 6.66. The second-order valence-corrected chi connectivity index (χ2v) is 5.99. The van der Waals surface area contributed by atoms with Gasteiger partial charge in [0.05, 0.1) is 6.61 Å². The summed E-state index contributed by atoms with van der Waals surface area (Å²) in [6.07, 6.45) is 0. The van der Waals surface area contributed by atoms with E-state index in [2.05, 4.69) is 55.7 Å². The minimum absolute atomic E-state index is 0.00936. The zero-order chi connectivity index (χ0) is 13.6. The van der Waals surface area contributed by atoms with Gasteiger partial charge in [-0.1, -0.05) is 30.3 Å². The normalized spacial score (nSPS) is 12.4. The van der Waals surface area contributed by atoms with Gasteiger partial charge in [-0.25, -0.2) is 0 Å². The molecule has 2 heteroatoms. The molecule has 0 spiro atoms. The third-order valence-electron chi connectivity index (χ3n) is 3.63. The summed E-state index contributed by atoms with van der Waals surface area (Å²) in [6, 6.07) is 14.6. The number of aliphatic hydroxyl groups excluding tert-OH is 1. The standard InChI is InChI=1S/C17H19NO/c1-17(2,3)18-14-9-5-4-8-13(14)16-12(11-19)7-6-10-15(16)18/h4-10,19H,11H2,1-3H3. The number of hydrogen-bond donors (Lipinski definition) is 1. The molecule has 19 heavy (non-hydrogen) atoms. The molecule has 98 valence electrons. The molecular formula is C17H19NO. The van der Waals surface area contributed by atoms with Crippen molar-refractivity contribution in [2.75, 3.05) is 0 Å². The second-order valence-electron chi connectivity index (χ2n) is 5.99. The van der Waals surface area contributed by atoms with E-state index in [9.17, 15) is 5.11 Å². The average Bonchev–Trinajstić information content (AvgIpc) is 2.72. The van der Waals surface area contributed by atoms with E-state index in [1.165, 1.54) is 21.8 Å². The first-order chi connectivity index (χ1) is 9.04. The Kier molecular flexibility index (Phi) is 2.64. The molecule has 1 N–H and O–H groups in total. The number of aliphatic hydroxyl groups is 1. The molecule has 0 bridgehead atoms. The van der Waals surface area contributed by atoms with Gasteiger partial charge >= 0.3 is 0 Å². The van der Waals surface area contributed by atoms with Crippen LogP contribution >= 0.6 is 0 Å². The molecule has 0 radical (unpaired) electrons. The molecule has 2 nitrogen and oxygen atoms in total. The van der Waals surface area contributed by atoms with Gasteiger partial charge in [-0.3, -0.25) is 0 Å². The van der Waals surface area contributed by atoms with Crippen LogP contribution in [0.15, 0.2) is 42.5 Å². The number of aromatic nitrogens is 1. The Hall–Kier alpha value is -1.80. The number of nitrogens with zero attached hydrogens (tertiary/aromatic N) is 1. The molecule has 0 unspecified atom stereocenters. The van der Waals surface area contributed by atoms with Crippen molar-refractivity contribution in [1.82, 2.24) is 4.57 Å². The lowest BCUT2D eigenvalue weighted by molar-refractivity contribution is 0.283. The molecule has 0 fully saturated rings. The first-order valence-corrected chi connectivity index (χ1v) is 6.66. The highest BCUT2D eigenvalue weighted by molar-refractivity contribution is 6.09. The van der Waals surface area contributed by atoms with Gasteiger partial charge in [0.25, 0.3) is 0 Å². The van der Waals surface area contributed by atoms with Gasteiger partial charge in [0.1, 0.15) is 0 Å². The van der Waals surface area contributed by atoms with E-state index in [0.29, 0.717) is 0 Å². The highest BCUT2D eigenvalue weighted by Crippen LogP contribution is 2.35. The number of benzene rings is 2. The fraction of sp³-hybridized carbons (Fsp3) is 0.294. The molecule has 0 aliphatic carbocycles. The molecule has 0 saturated carbocycles. The Morgan fingerprint density at radius 3 is 2.32 bits per heavy atom. The summed E-state index contributed by atoms with van der Waals surface area (Å²) in [5.41, 5.74) is 3.43. The van der Waals surface area contributed by atoms with E-state index in [1.807, 2.05) is 12.1 Å². The van der Waals surface area contributed by atoms with Gasteiger partial charge < -0.3 is 9.67 Å². The number of rotatable bonds is 1. The largest absolute Gasteiger partial charge is 0.392 e. The van der Waals surface area contributed by atoms with Crippen LogP contribution in [0.5, 0.6) is 0 Å². The second kappa shape index (κ2) is 4.10. The lowest BCUT2D eigenvalue weighted by atomic mass is 10.1. The van der Waals surface area contributed by atoms with Gasteiger partial charge in [0.2, 0.25) is 0 Å². The van der Waals surface area contributed by atoms with Crippen molar-refractivity contribution in [2.45, 2.75) is 32.9 Å². The molecule has 3 rings (SSSR count). The average molecular weight is 253 g/mol. The molecule has 0 aliphatic rings. The van der Waals surface area contributed by atoms with Gasteiger partial charge in [0.15, 0.2) is 0 Å². The summed E-state index contributed by atoms with van der Waals surface area (Å²) >= 11 is 0. The summed E-state index contributed by atoms with van der Waals surface area (Å²) in [4.78, 5) is 0. The van der Waals surface area contributed by atoms with Crippen molar-refractivity contribution in [2.24, 2.45) is 0 Å². The Morgan fingerprint density at radius 2 is 1.63 bits per heavy atom. The van der Waals surface area contributed by atoms with Gasteiger partial charge in [-0.05, 0) is 38.5 Å². The molecule has 1 heterocycles. The van der Waals surface area contributed by atoms with E-state index in [4.69, 9.17) is 0 Å². The molecule has 1 aromatic heterocycles. The van der Waals surface area contributed by atoms with E-state index >= 15 is 0 Å². The lowest BCUT2D eigenvalue weighted by Gasteiger charge is -2.24. The third-order valence-corrected chi connectivity index (χ3v) is 3.63. The Balaban J connectivity index is 2.59. The summed E-state index contributed by atoms with van der Waals surface area (Å²) < 4.78 is 2.36. The summed E-state index contributed by atoms with van der Waals surface area (Å²) in [5.74, 6) is 0. The van der Waals surface area contributed by atoms with E-state index < -0.39 is 0 Å². The maximum atomic E-state index is 9.60. The molecule has 3 aromatic rings. The Bertz CT molecular complexity index is 747. The molecule has 0 atom stereocenters. The number of fused-ring (bicyclic) bond motifs is 3. The highest BCUT2D eigenvalue weighted by Gasteiger charge is 2.21. The molecule has 0 amide bonds. The van der Waals surface area contributed by atoms with Gasteiger partial charge in [-0.15, -0.1) is 0 Å². The maximum absolute atomic E-state index is 9.60. The Morgan fingerprint density at radius 1 is 0.947 bits per heavy atom. The van der Waals surface area contributed by atoms with Crippen molar-refractivity contribution in [3.8, 4) is 0 Å². The summed E-state index contributed by atoms with van der Waals surface area (Å²) in [6.45, 7) is 6.72.